The molecule has 0 N–H and O–H groups in total. The Kier molecular flexibility index (Phi) is 4.94. The molecule has 0 aliphatic rings. The second kappa shape index (κ2) is 6.90. The van der Waals surface area contributed by atoms with E-state index in [1.165, 1.54) is 5.56 Å². The molecule has 0 fully saturated rings. The van der Waals surface area contributed by atoms with Gasteiger partial charge in [-0.05, 0) is 31.0 Å². The van der Waals surface area contributed by atoms with E-state index in [1.807, 2.05) is 55.5 Å². The van der Waals surface area contributed by atoms with Crippen LogP contribution in [0.15, 0.2) is 48.5 Å². The van der Waals surface area contributed by atoms with Crippen LogP contribution in [0.1, 0.15) is 34.8 Å². The van der Waals surface area contributed by atoms with E-state index in [1.54, 1.807) is 0 Å². The fourth-order valence-electron chi connectivity index (χ4n) is 2.14. The van der Waals surface area contributed by atoms with Gasteiger partial charge in [0.15, 0.2) is 5.78 Å². The number of hydrogen-bond acceptors (Lipinski definition) is 2. The molecule has 0 aromatic heterocycles. The molecule has 2 aromatic carbocycles. The summed E-state index contributed by atoms with van der Waals surface area (Å²) in [6, 6.07) is 15.5. The maximum atomic E-state index is 12.4. The highest BCUT2D eigenvalue weighted by atomic mass is 16.5. The number of hydrogen-bond donors (Lipinski definition) is 0. The lowest BCUT2D eigenvalue weighted by Crippen LogP contribution is -2.07. The molecular weight excluding hydrogens is 248 g/mol. The van der Waals surface area contributed by atoms with Gasteiger partial charge in [0.2, 0.25) is 0 Å². The molecule has 2 heteroatoms. The van der Waals surface area contributed by atoms with E-state index in [2.05, 4.69) is 6.92 Å². The number of ketones is 1. The minimum atomic E-state index is 0.0994. The summed E-state index contributed by atoms with van der Waals surface area (Å²) in [6.45, 7) is 4.72. The van der Waals surface area contributed by atoms with Crippen LogP contribution in [0.25, 0.3) is 0 Å². The number of ether oxygens (including phenoxy) is 1. The van der Waals surface area contributed by atoms with Crippen LogP contribution in [-0.2, 0) is 6.42 Å². The van der Waals surface area contributed by atoms with Gasteiger partial charge in [-0.1, -0.05) is 48.9 Å². The predicted octanol–water partition coefficient (Wildman–Crippen LogP) is 4.21. The van der Waals surface area contributed by atoms with E-state index >= 15 is 0 Å². The normalized spacial score (nSPS) is 10.3. The third-order valence-electron chi connectivity index (χ3n) is 3.10. The molecule has 104 valence electrons. The number of Topliss-reactive ketones (excluding diaryl/α,β-unsaturated/α-hetero) is 1. The Hall–Kier alpha value is -2.09. The quantitative estimate of drug-likeness (QED) is 0.734. The Morgan fingerprint density at radius 1 is 1.10 bits per heavy atom. The Morgan fingerprint density at radius 2 is 1.90 bits per heavy atom. The van der Waals surface area contributed by atoms with Gasteiger partial charge in [0, 0.05) is 6.42 Å². The van der Waals surface area contributed by atoms with E-state index in [4.69, 9.17) is 4.74 Å². The minimum Gasteiger partial charge on any atom is -0.493 e. The van der Waals surface area contributed by atoms with Crippen molar-refractivity contribution in [1.29, 1.82) is 0 Å². The average Bonchev–Trinajstić information content (AvgIpc) is 2.45. The molecule has 0 heterocycles. The summed E-state index contributed by atoms with van der Waals surface area (Å²) in [7, 11) is 0. The molecule has 0 amide bonds. The molecule has 0 bridgehead atoms. The van der Waals surface area contributed by atoms with E-state index in [0.29, 0.717) is 24.3 Å². The number of carbonyl (C=O) groups excluding carboxylic acids is 1. The summed E-state index contributed by atoms with van der Waals surface area (Å²) in [4.78, 5) is 12.4. The SMILES string of the molecule is CCCOc1ccccc1C(=O)Cc1cccc(C)c1. The van der Waals surface area contributed by atoms with Crippen molar-refractivity contribution in [3.05, 3.63) is 65.2 Å². The van der Waals surface area contributed by atoms with Crippen LogP contribution in [0.3, 0.4) is 0 Å². The summed E-state index contributed by atoms with van der Waals surface area (Å²) in [5, 5.41) is 0. The predicted molar refractivity (Wildman–Crippen MR) is 81.4 cm³/mol. The Bertz CT molecular complexity index is 587. The first-order chi connectivity index (χ1) is 9.70. The second-order valence-electron chi connectivity index (χ2n) is 4.93. The van der Waals surface area contributed by atoms with Crippen molar-refractivity contribution < 1.29 is 9.53 Å². The van der Waals surface area contributed by atoms with Gasteiger partial charge in [-0.15, -0.1) is 0 Å². The lowest BCUT2D eigenvalue weighted by molar-refractivity contribution is 0.0989. The maximum absolute atomic E-state index is 12.4. The molecule has 0 atom stereocenters. The highest BCUT2D eigenvalue weighted by Crippen LogP contribution is 2.20. The monoisotopic (exact) mass is 268 g/mol. The maximum Gasteiger partial charge on any atom is 0.170 e. The number of para-hydroxylation sites is 1. The summed E-state index contributed by atoms with van der Waals surface area (Å²) in [5.41, 5.74) is 2.88. The molecule has 2 rings (SSSR count). The van der Waals surface area contributed by atoms with Crippen LogP contribution in [0, 0.1) is 6.92 Å². The van der Waals surface area contributed by atoms with Crippen LogP contribution in [0.5, 0.6) is 5.75 Å². The molecule has 0 aliphatic carbocycles. The molecule has 20 heavy (non-hydrogen) atoms. The van der Waals surface area contributed by atoms with Gasteiger partial charge in [-0.2, -0.15) is 0 Å². The molecule has 0 spiro atoms. The number of benzene rings is 2. The molecule has 0 saturated heterocycles. The molecular formula is C18H20O2. The van der Waals surface area contributed by atoms with Gasteiger partial charge in [-0.25, -0.2) is 0 Å². The second-order valence-corrected chi connectivity index (χ2v) is 4.93. The first-order valence-corrected chi connectivity index (χ1v) is 7.01. The fourth-order valence-corrected chi connectivity index (χ4v) is 2.14. The van der Waals surface area contributed by atoms with Gasteiger partial charge >= 0.3 is 0 Å². The van der Waals surface area contributed by atoms with Crippen LogP contribution >= 0.6 is 0 Å². The minimum absolute atomic E-state index is 0.0994. The van der Waals surface area contributed by atoms with Crippen molar-refractivity contribution in [3.8, 4) is 5.75 Å². The summed E-state index contributed by atoms with van der Waals surface area (Å²) < 4.78 is 5.65. The van der Waals surface area contributed by atoms with E-state index in [-0.39, 0.29) is 5.78 Å². The fraction of sp³-hybridized carbons (Fsp3) is 0.278. The third kappa shape index (κ3) is 3.70. The molecule has 0 radical (unpaired) electrons. The first kappa shape index (κ1) is 14.3. The van der Waals surface area contributed by atoms with Crippen LogP contribution < -0.4 is 4.74 Å². The van der Waals surface area contributed by atoms with Gasteiger partial charge in [0.1, 0.15) is 5.75 Å². The van der Waals surface area contributed by atoms with Crippen LogP contribution in [-0.4, -0.2) is 12.4 Å². The first-order valence-electron chi connectivity index (χ1n) is 7.01. The number of carbonyl (C=O) groups is 1. The highest BCUT2D eigenvalue weighted by molar-refractivity contribution is 5.99. The van der Waals surface area contributed by atoms with Crippen molar-refractivity contribution in [3.63, 3.8) is 0 Å². The molecule has 0 unspecified atom stereocenters. The average molecular weight is 268 g/mol. The van der Waals surface area contributed by atoms with E-state index < -0.39 is 0 Å². The number of rotatable bonds is 6. The van der Waals surface area contributed by atoms with Crippen molar-refractivity contribution in [2.45, 2.75) is 26.7 Å². The van der Waals surface area contributed by atoms with Gasteiger partial charge in [0.25, 0.3) is 0 Å². The highest BCUT2D eigenvalue weighted by Gasteiger charge is 2.12. The topological polar surface area (TPSA) is 26.3 Å². The Labute approximate surface area is 120 Å². The van der Waals surface area contributed by atoms with Crippen molar-refractivity contribution in [2.75, 3.05) is 6.61 Å². The van der Waals surface area contributed by atoms with Gasteiger partial charge in [-0.3, -0.25) is 4.79 Å². The lowest BCUT2D eigenvalue weighted by Gasteiger charge is -2.10. The molecule has 0 saturated carbocycles. The van der Waals surface area contributed by atoms with Crippen LogP contribution in [0.4, 0.5) is 0 Å². The smallest absolute Gasteiger partial charge is 0.170 e. The zero-order valence-electron chi connectivity index (χ0n) is 12.1. The van der Waals surface area contributed by atoms with Gasteiger partial charge in [0.05, 0.1) is 12.2 Å². The summed E-state index contributed by atoms with van der Waals surface area (Å²) in [5.74, 6) is 0.786. The number of aryl methyl sites for hydroxylation is 1. The van der Waals surface area contributed by atoms with Crippen molar-refractivity contribution in [1.82, 2.24) is 0 Å². The van der Waals surface area contributed by atoms with E-state index in [0.717, 1.165) is 12.0 Å². The molecule has 0 aliphatic heterocycles. The van der Waals surface area contributed by atoms with Crippen molar-refractivity contribution >= 4 is 5.78 Å². The lowest BCUT2D eigenvalue weighted by atomic mass is 10.0. The Morgan fingerprint density at radius 3 is 2.65 bits per heavy atom. The zero-order chi connectivity index (χ0) is 14.4. The summed E-state index contributed by atoms with van der Waals surface area (Å²) >= 11 is 0. The molecule has 2 aromatic rings. The van der Waals surface area contributed by atoms with E-state index in [9.17, 15) is 4.79 Å². The Balaban J connectivity index is 2.16. The van der Waals surface area contributed by atoms with Crippen LogP contribution in [0.2, 0.25) is 0 Å². The standard InChI is InChI=1S/C18H20O2/c1-3-11-20-18-10-5-4-9-16(18)17(19)13-15-8-6-7-14(2)12-15/h4-10,12H,3,11,13H2,1-2H3. The van der Waals surface area contributed by atoms with Gasteiger partial charge < -0.3 is 4.74 Å². The largest absolute Gasteiger partial charge is 0.493 e. The molecule has 2 nitrogen and oxygen atoms in total. The summed E-state index contributed by atoms with van der Waals surface area (Å²) in [6.07, 6.45) is 1.34. The zero-order valence-corrected chi connectivity index (χ0v) is 12.1. The van der Waals surface area contributed by atoms with Crippen molar-refractivity contribution in [2.24, 2.45) is 0 Å². The third-order valence-corrected chi connectivity index (χ3v) is 3.10.